The van der Waals surface area contributed by atoms with Crippen molar-refractivity contribution in [3.05, 3.63) is 47.8 Å². The molecule has 0 unspecified atom stereocenters. The zero-order valence-electron chi connectivity index (χ0n) is 13.1. The Morgan fingerprint density at radius 1 is 1.33 bits per heavy atom. The predicted octanol–water partition coefficient (Wildman–Crippen LogP) is 0.673. The molecule has 1 fully saturated rings. The minimum absolute atomic E-state index is 0.253. The fourth-order valence-electron chi connectivity index (χ4n) is 2.70. The SMILES string of the molecule is NC(=O)c1cnc(Cc2cnccn2)cc1N[C@@H]1CCNC[C@@H]1F. The van der Waals surface area contributed by atoms with Crippen molar-refractivity contribution in [1.82, 2.24) is 20.3 Å². The van der Waals surface area contributed by atoms with Crippen molar-refractivity contribution >= 4 is 11.6 Å². The molecule has 2 atom stereocenters. The Labute approximate surface area is 138 Å². The van der Waals surface area contributed by atoms with E-state index in [9.17, 15) is 9.18 Å². The third-order valence-electron chi connectivity index (χ3n) is 3.95. The summed E-state index contributed by atoms with van der Waals surface area (Å²) in [6.45, 7) is 1.02. The summed E-state index contributed by atoms with van der Waals surface area (Å²) in [4.78, 5) is 24.1. The van der Waals surface area contributed by atoms with Crippen molar-refractivity contribution in [2.24, 2.45) is 5.73 Å². The molecule has 0 aromatic carbocycles. The molecule has 0 spiro atoms. The summed E-state index contributed by atoms with van der Waals surface area (Å²) in [6, 6.07) is 1.36. The summed E-state index contributed by atoms with van der Waals surface area (Å²) in [5.41, 5.74) is 7.63. The molecule has 0 radical (unpaired) electrons. The van der Waals surface area contributed by atoms with Crippen LogP contribution in [0.15, 0.2) is 30.9 Å². The first-order valence-electron chi connectivity index (χ1n) is 7.78. The van der Waals surface area contributed by atoms with Gasteiger partial charge in [-0.1, -0.05) is 0 Å². The number of carbonyl (C=O) groups excluding carboxylic acids is 1. The van der Waals surface area contributed by atoms with Gasteiger partial charge in [-0.3, -0.25) is 19.7 Å². The second-order valence-electron chi connectivity index (χ2n) is 5.72. The number of anilines is 1. The van der Waals surface area contributed by atoms with Gasteiger partial charge in [-0.15, -0.1) is 0 Å². The molecule has 1 amide bonds. The summed E-state index contributed by atoms with van der Waals surface area (Å²) in [7, 11) is 0. The largest absolute Gasteiger partial charge is 0.379 e. The first-order valence-corrected chi connectivity index (χ1v) is 7.78. The van der Waals surface area contributed by atoms with Gasteiger partial charge in [-0.2, -0.15) is 0 Å². The summed E-state index contributed by atoms with van der Waals surface area (Å²) in [5.74, 6) is -0.597. The molecule has 0 saturated carbocycles. The number of alkyl halides is 1. The van der Waals surface area contributed by atoms with Gasteiger partial charge in [0.1, 0.15) is 6.17 Å². The predicted molar refractivity (Wildman–Crippen MR) is 87.4 cm³/mol. The lowest BCUT2D eigenvalue weighted by atomic mass is 10.0. The summed E-state index contributed by atoms with van der Waals surface area (Å²) in [6.07, 6.45) is 6.34. The maximum absolute atomic E-state index is 14.0. The van der Waals surface area contributed by atoms with Crippen LogP contribution in [0.2, 0.25) is 0 Å². The van der Waals surface area contributed by atoms with Gasteiger partial charge in [0.2, 0.25) is 0 Å². The number of amides is 1. The normalized spacial score (nSPS) is 20.5. The highest BCUT2D eigenvalue weighted by Gasteiger charge is 2.25. The molecule has 2 aromatic rings. The van der Waals surface area contributed by atoms with E-state index in [1.54, 1.807) is 24.7 Å². The highest BCUT2D eigenvalue weighted by Crippen LogP contribution is 2.21. The van der Waals surface area contributed by atoms with Gasteiger partial charge in [0.25, 0.3) is 5.91 Å². The lowest BCUT2D eigenvalue weighted by Crippen LogP contribution is -2.45. The average molecular weight is 330 g/mol. The number of nitrogens with zero attached hydrogens (tertiary/aromatic N) is 3. The topological polar surface area (TPSA) is 106 Å². The number of piperidine rings is 1. The Hall–Kier alpha value is -2.61. The molecule has 126 valence electrons. The van der Waals surface area contributed by atoms with E-state index in [1.165, 1.54) is 6.20 Å². The minimum Gasteiger partial charge on any atom is -0.379 e. The third-order valence-corrected chi connectivity index (χ3v) is 3.95. The molecule has 1 aliphatic heterocycles. The molecular weight excluding hydrogens is 311 g/mol. The Morgan fingerprint density at radius 2 is 2.21 bits per heavy atom. The number of halogens is 1. The van der Waals surface area contributed by atoms with Crippen molar-refractivity contribution in [2.75, 3.05) is 18.4 Å². The Balaban J connectivity index is 1.84. The fourth-order valence-corrected chi connectivity index (χ4v) is 2.70. The van der Waals surface area contributed by atoms with Gasteiger partial charge in [-0.25, -0.2) is 4.39 Å². The molecule has 8 heteroatoms. The van der Waals surface area contributed by atoms with E-state index in [4.69, 9.17) is 5.73 Å². The van der Waals surface area contributed by atoms with Crippen LogP contribution in [-0.2, 0) is 6.42 Å². The van der Waals surface area contributed by atoms with Crippen molar-refractivity contribution in [1.29, 1.82) is 0 Å². The van der Waals surface area contributed by atoms with Gasteiger partial charge in [0.05, 0.1) is 23.0 Å². The lowest BCUT2D eigenvalue weighted by molar-refractivity contribution is 0.100. The van der Waals surface area contributed by atoms with Crippen molar-refractivity contribution in [2.45, 2.75) is 25.1 Å². The first kappa shape index (κ1) is 16.3. The Morgan fingerprint density at radius 3 is 2.92 bits per heavy atom. The second kappa shape index (κ2) is 7.31. The van der Waals surface area contributed by atoms with Gasteiger partial charge >= 0.3 is 0 Å². The van der Waals surface area contributed by atoms with Crippen LogP contribution in [0.25, 0.3) is 0 Å². The number of nitrogens with two attached hydrogens (primary N) is 1. The number of hydrogen-bond acceptors (Lipinski definition) is 6. The van der Waals surface area contributed by atoms with E-state index >= 15 is 0 Å². The third kappa shape index (κ3) is 3.83. The van der Waals surface area contributed by atoms with Crippen molar-refractivity contribution < 1.29 is 9.18 Å². The molecule has 4 N–H and O–H groups in total. The number of primary amides is 1. The van der Waals surface area contributed by atoms with Gasteiger partial charge in [0.15, 0.2) is 0 Å². The number of aromatic nitrogens is 3. The Kier molecular flexibility index (Phi) is 4.95. The molecule has 0 bridgehead atoms. The van der Waals surface area contributed by atoms with E-state index < -0.39 is 12.1 Å². The van der Waals surface area contributed by atoms with Crippen LogP contribution in [0.4, 0.5) is 10.1 Å². The maximum Gasteiger partial charge on any atom is 0.252 e. The highest BCUT2D eigenvalue weighted by molar-refractivity contribution is 5.98. The maximum atomic E-state index is 14.0. The monoisotopic (exact) mass is 330 g/mol. The van der Waals surface area contributed by atoms with Crippen LogP contribution in [0, 0.1) is 0 Å². The minimum atomic E-state index is -1.03. The van der Waals surface area contributed by atoms with Crippen molar-refractivity contribution in [3.63, 3.8) is 0 Å². The standard InChI is InChI=1S/C16H19FN6O/c17-13-9-19-2-1-14(13)23-15-6-10(22-8-12(15)16(18)24)5-11-7-20-3-4-21-11/h3-4,6-8,13-14,19H,1-2,5,9H2,(H2,18,24)(H,22,23)/t13-,14+/m0/s1. The van der Waals surface area contributed by atoms with Crippen LogP contribution >= 0.6 is 0 Å². The molecule has 3 heterocycles. The highest BCUT2D eigenvalue weighted by atomic mass is 19.1. The molecule has 1 saturated heterocycles. The zero-order valence-corrected chi connectivity index (χ0v) is 13.1. The van der Waals surface area contributed by atoms with Crippen LogP contribution in [0.1, 0.15) is 28.2 Å². The van der Waals surface area contributed by atoms with Crippen LogP contribution < -0.4 is 16.4 Å². The smallest absolute Gasteiger partial charge is 0.252 e. The number of carbonyl (C=O) groups is 1. The van der Waals surface area contributed by atoms with E-state index in [0.717, 1.165) is 12.2 Å². The average Bonchev–Trinajstić information content (AvgIpc) is 2.58. The molecule has 2 aromatic heterocycles. The molecule has 0 aliphatic carbocycles. The number of nitrogens with one attached hydrogen (secondary N) is 2. The second-order valence-corrected chi connectivity index (χ2v) is 5.72. The van der Waals surface area contributed by atoms with Gasteiger partial charge in [0, 0.05) is 43.4 Å². The van der Waals surface area contributed by atoms with Crippen LogP contribution in [0.3, 0.4) is 0 Å². The van der Waals surface area contributed by atoms with Crippen LogP contribution in [-0.4, -0.2) is 46.2 Å². The zero-order chi connectivity index (χ0) is 16.9. The molecule has 3 rings (SSSR count). The van der Waals surface area contributed by atoms with E-state index in [0.29, 0.717) is 30.8 Å². The van der Waals surface area contributed by atoms with E-state index in [2.05, 4.69) is 25.6 Å². The number of rotatable bonds is 5. The van der Waals surface area contributed by atoms with Crippen molar-refractivity contribution in [3.8, 4) is 0 Å². The first-order chi connectivity index (χ1) is 11.6. The summed E-state index contributed by atoms with van der Waals surface area (Å²) in [5, 5.41) is 6.11. The quantitative estimate of drug-likeness (QED) is 0.744. The Bertz CT molecular complexity index is 711. The summed E-state index contributed by atoms with van der Waals surface area (Å²) < 4.78 is 14.0. The molecule has 1 aliphatic rings. The fraction of sp³-hybridized carbons (Fsp3) is 0.375. The molecular formula is C16H19FN6O. The number of hydrogen-bond donors (Lipinski definition) is 3. The lowest BCUT2D eigenvalue weighted by Gasteiger charge is -2.29. The molecule has 24 heavy (non-hydrogen) atoms. The number of pyridine rings is 1. The summed E-state index contributed by atoms with van der Waals surface area (Å²) >= 11 is 0. The molecule has 7 nitrogen and oxygen atoms in total. The van der Waals surface area contributed by atoms with Gasteiger partial charge < -0.3 is 16.4 Å². The van der Waals surface area contributed by atoms with E-state index in [1.807, 2.05) is 0 Å². The van der Waals surface area contributed by atoms with E-state index in [-0.39, 0.29) is 11.6 Å². The van der Waals surface area contributed by atoms with Gasteiger partial charge in [-0.05, 0) is 19.0 Å². The van der Waals surface area contributed by atoms with Crippen LogP contribution in [0.5, 0.6) is 0 Å².